The second kappa shape index (κ2) is 7.23. The van der Waals surface area contributed by atoms with Crippen LogP contribution in [0.25, 0.3) is 10.8 Å². The highest BCUT2D eigenvalue weighted by Gasteiger charge is 2.09. The first kappa shape index (κ1) is 16.1. The molecule has 3 heterocycles. The number of thiazole rings is 1. The molecule has 0 atom stereocenters. The van der Waals surface area contributed by atoms with Crippen LogP contribution in [0.15, 0.2) is 54.4 Å². The molecule has 9 nitrogen and oxygen atoms in total. The number of benzene rings is 1. The number of hydrogen-bond acceptors (Lipinski definition) is 7. The highest BCUT2D eigenvalue weighted by Crippen LogP contribution is 2.14. The Morgan fingerprint density at radius 2 is 2.19 bits per heavy atom. The predicted octanol–water partition coefficient (Wildman–Crippen LogP) is 1.28. The largest absolute Gasteiger partial charge is 0.352 e. The van der Waals surface area contributed by atoms with Gasteiger partial charge in [0.1, 0.15) is 6.33 Å². The molecule has 0 saturated carbocycles. The van der Waals surface area contributed by atoms with Gasteiger partial charge < -0.3 is 5.32 Å². The van der Waals surface area contributed by atoms with E-state index in [-0.39, 0.29) is 5.91 Å². The average Bonchev–Trinajstić information content (AvgIpc) is 3.43. The molecule has 1 N–H and O–H groups in total. The van der Waals surface area contributed by atoms with Crippen LogP contribution in [-0.2, 0) is 6.42 Å². The number of rotatable bonds is 6. The van der Waals surface area contributed by atoms with Crippen LogP contribution in [0.3, 0.4) is 0 Å². The van der Waals surface area contributed by atoms with E-state index in [9.17, 15) is 4.79 Å². The summed E-state index contributed by atoms with van der Waals surface area (Å²) >= 11 is 1.52. The van der Waals surface area contributed by atoms with E-state index in [1.54, 1.807) is 29.1 Å². The molecular weight excluding hydrogens is 352 g/mol. The number of aromatic nitrogens is 7. The second-order valence-electron chi connectivity index (χ2n) is 5.38. The zero-order valence-electron chi connectivity index (χ0n) is 13.6. The summed E-state index contributed by atoms with van der Waals surface area (Å²) in [7, 11) is 0. The summed E-state index contributed by atoms with van der Waals surface area (Å²) in [6.07, 6.45) is 5.69. The van der Waals surface area contributed by atoms with Gasteiger partial charge in [-0.2, -0.15) is 5.10 Å². The Kier molecular flexibility index (Phi) is 4.48. The summed E-state index contributed by atoms with van der Waals surface area (Å²) in [4.78, 5) is 16.9. The van der Waals surface area contributed by atoms with Gasteiger partial charge >= 0.3 is 0 Å². The first-order chi connectivity index (χ1) is 12.8. The molecule has 1 aromatic carbocycles. The first-order valence-electron chi connectivity index (χ1n) is 7.85. The summed E-state index contributed by atoms with van der Waals surface area (Å²) in [6, 6.07) is 8.97. The van der Waals surface area contributed by atoms with Gasteiger partial charge in [-0.3, -0.25) is 4.79 Å². The Morgan fingerprint density at radius 3 is 3.00 bits per heavy atom. The van der Waals surface area contributed by atoms with Crippen LogP contribution >= 0.6 is 11.3 Å². The van der Waals surface area contributed by atoms with E-state index in [1.165, 1.54) is 22.3 Å². The summed E-state index contributed by atoms with van der Waals surface area (Å²) in [5, 5.41) is 20.9. The van der Waals surface area contributed by atoms with Gasteiger partial charge in [-0.05, 0) is 34.7 Å². The molecule has 0 spiro atoms. The van der Waals surface area contributed by atoms with E-state index in [0.717, 1.165) is 16.5 Å². The standard InChI is InChI=1S/C16H14N8OS/c25-15(12-3-1-4-14(9-12)24-11-18-21-22-24)17-7-5-13-10-26-16(20-13)23-8-2-6-19-23/h1-4,6,8-11H,5,7H2,(H,17,25). The fourth-order valence-corrected chi connectivity index (χ4v) is 3.17. The molecule has 4 aromatic rings. The molecular formula is C16H14N8OS. The number of nitrogens with one attached hydrogen (secondary N) is 1. The number of hydrogen-bond donors (Lipinski definition) is 1. The van der Waals surface area contributed by atoms with Gasteiger partial charge in [0.05, 0.1) is 11.4 Å². The fourth-order valence-electron chi connectivity index (χ4n) is 2.37. The van der Waals surface area contributed by atoms with Gasteiger partial charge in [0.25, 0.3) is 5.91 Å². The Morgan fingerprint density at radius 1 is 1.23 bits per heavy atom. The number of nitrogens with zero attached hydrogens (tertiary/aromatic N) is 7. The Labute approximate surface area is 152 Å². The van der Waals surface area contributed by atoms with Crippen LogP contribution in [0.2, 0.25) is 0 Å². The monoisotopic (exact) mass is 366 g/mol. The molecule has 130 valence electrons. The molecule has 0 aliphatic heterocycles. The summed E-state index contributed by atoms with van der Waals surface area (Å²) in [5.41, 5.74) is 2.20. The molecule has 4 rings (SSSR count). The number of amides is 1. The van der Waals surface area contributed by atoms with E-state index in [4.69, 9.17) is 0 Å². The Hall–Kier alpha value is -3.40. The van der Waals surface area contributed by atoms with Crippen molar-refractivity contribution < 1.29 is 4.79 Å². The lowest BCUT2D eigenvalue weighted by atomic mass is 10.2. The van der Waals surface area contributed by atoms with E-state index >= 15 is 0 Å². The molecule has 0 bridgehead atoms. The lowest BCUT2D eigenvalue weighted by molar-refractivity contribution is 0.0954. The molecule has 0 unspecified atom stereocenters. The van der Waals surface area contributed by atoms with E-state index in [0.29, 0.717) is 18.5 Å². The van der Waals surface area contributed by atoms with Crippen LogP contribution < -0.4 is 5.32 Å². The van der Waals surface area contributed by atoms with E-state index in [1.807, 2.05) is 23.7 Å². The van der Waals surface area contributed by atoms with Crippen molar-refractivity contribution in [2.75, 3.05) is 6.54 Å². The van der Waals surface area contributed by atoms with Crippen LogP contribution in [0.1, 0.15) is 16.1 Å². The molecule has 3 aromatic heterocycles. The van der Waals surface area contributed by atoms with Crippen LogP contribution in [0.5, 0.6) is 0 Å². The van der Waals surface area contributed by atoms with Gasteiger partial charge in [0.2, 0.25) is 5.13 Å². The van der Waals surface area contributed by atoms with E-state index < -0.39 is 0 Å². The maximum atomic E-state index is 12.3. The van der Waals surface area contributed by atoms with Crippen LogP contribution in [-0.4, -0.2) is 47.4 Å². The van der Waals surface area contributed by atoms with Gasteiger partial charge in [-0.1, -0.05) is 6.07 Å². The van der Waals surface area contributed by atoms with Crippen molar-refractivity contribution in [3.8, 4) is 10.8 Å². The minimum atomic E-state index is -0.151. The maximum absolute atomic E-state index is 12.3. The van der Waals surface area contributed by atoms with Crippen molar-refractivity contribution in [1.82, 2.24) is 40.3 Å². The number of carbonyl (C=O) groups excluding carboxylic acids is 1. The molecule has 0 saturated heterocycles. The third-order valence-electron chi connectivity index (χ3n) is 3.63. The predicted molar refractivity (Wildman–Crippen MR) is 94.4 cm³/mol. The van der Waals surface area contributed by atoms with Gasteiger partial charge in [-0.15, -0.1) is 16.4 Å². The van der Waals surface area contributed by atoms with Gasteiger partial charge in [0, 0.05) is 36.3 Å². The van der Waals surface area contributed by atoms with Crippen molar-refractivity contribution in [2.24, 2.45) is 0 Å². The molecule has 26 heavy (non-hydrogen) atoms. The zero-order chi connectivity index (χ0) is 17.8. The summed E-state index contributed by atoms with van der Waals surface area (Å²) in [5.74, 6) is -0.151. The molecule has 0 radical (unpaired) electrons. The SMILES string of the molecule is O=C(NCCc1csc(-n2cccn2)n1)c1cccc(-n2cnnn2)c1. The Balaban J connectivity index is 1.35. The van der Waals surface area contributed by atoms with Crippen LogP contribution in [0, 0.1) is 0 Å². The Bertz CT molecular complexity index is 993. The number of carbonyl (C=O) groups is 1. The molecule has 10 heteroatoms. The van der Waals surface area contributed by atoms with Crippen molar-refractivity contribution in [3.05, 3.63) is 65.7 Å². The molecule has 0 fully saturated rings. The quantitative estimate of drug-likeness (QED) is 0.551. The lowest BCUT2D eigenvalue weighted by Gasteiger charge is -2.06. The maximum Gasteiger partial charge on any atom is 0.251 e. The smallest absolute Gasteiger partial charge is 0.251 e. The van der Waals surface area contributed by atoms with Crippen molar-refractivity contribution >= 4 is 17.2 Å². The third-order valence-corrected chi connectivity index (χ3v) is 4.51. The number of tetrazole rings is 1. The topological polar surface area (TPSA) is 103 Å². The van der Waals surface area contributed by atoms with Crippen molar-refractivity contribution in [3.63, 3.8) is 0 Å². The van der Waals surface area contributed by atoms with Gasteiger partial charge in [-0.25, -0.2) is 14.3 Å². The molecule has 1 amide bonds. The molecule has 0 aliphatic rings. The summed E-state index contributed by atoms with van der Waals surface area (Å²) in [6.45, 7) is 0.496. The van der Waals surface area contributed by atoms with E-state index in [2.05, 4.69) is 30.9 Å². The highest BCUT2D eigenvalue weighted by atomic mass is 32.1. The first-order valence-corrected chi connectivity index (χ1v) is 8.73. The average molecular weight is 366 g/mol. The van der Waals surface area contributed by atoms with Gasteiger partial charge in [0.15, 0.2) is 0 Å². The third kappa shape index (κ3) is 3.49. The van der Waals surface area contributed by atoms with Crippen LogP contribution in [0.4, 0.5) is 0 Å². The minimum Gasteiger partial charge on any atom is -0.352 e. The molecule has 0 aliphatic carbocycles. The minimum absolute atomic E-state index is 0.151. The summed E-state index contributed by atoms with van der Waals surface area (Å²) < 4.78 is 3.22. The second-order valence-corrected chi connectivity index (χ2v) is 6.22. The lowest BCUT2D eigenvalue weighted by Crippen LogP contribution is -2.25. The highest BCUT2D eigenvalue weighted by molar-refractivity contribution is 7.12. The normalized spacial score (nSPS) is 10.8. The fraction of sp³-hybridized carbons (Fsp3) is 0.125. The van der Waals surface area contributed by atoms with Crippen molar-refractivity contribution in [1.29, 1.82) is 0 Å². The zero-order valence-corrected chi connectivity index (χ0v) is 14.4. The van der Waals surface area contributed by atoms with Crippen molar-refractivity contribution in [2.45, 2.75) is 6.42 Å².